The molecule has 3 rings (SSSR count). The molecule has 2 aromatic carbocycles. The van der Waals surface area contributed by atoms with Gasteiger partial charge in [0, 0.05) is 19.3 Å². The van der Waals surface area contributed by atoms with Gasteiger partial charge < -0.3 is 15.1 Å². The molecule has 1 aromatic heterocycles. The molecule has 0 atom stereocenters. The van der Waals surface area contributed by atoms with Gasteiger partial charge in [-0.25, -0.2) is 18.0 Å². The summed E-state index contributed by atoms with van der Waals surface area (Å²) in [5.74, 6) is -3.89. The summed E-state index contributed by atoms with van der Waals surface area (Å²) >= 11 is 0. The second-order valence-electron chi connectivity index (χ2n) is 8.62. The molecule has 0 saturated heterocycles. The fourth-order valence-corrected chi connectivity index (χ4v) is 4.71. The predicted molar refractivity (Wildman–Crippen MR) is 138 cm³/mol. The minimum absolute atomic E-state index is 0.00946. The van der Waals surface area contributed by atoms with E-state index in [-0.39, 0.29) is 16.1 Å². The highest BCUT2D eigenvalue weighted by atomic mass is 32.2. The highest BCUT2D eigenvalue weighted by molar-refractivity contribution is 7.92. The van der Waals surface area contributed by atoms with Gasteiger partial charge >= 0.3 is 18.1 Å². The fourth-order valence-electron chi connectivity index (χ4n) is 3.56. The smallest absolute Gasteiger partial charge is 0.478 e. The molecule has 0 aliphatic heterocycles. The molecule has 3 aromatic rings. The number of nitrogens with one attached hydrogen (secondary N) is 1. The lowest BCUT2D eigenvalue weighted by molar-refractivity contribution is -0.192. The van der Waals surface area contributed by atoms with Gasteiger partial charge in [0.15, 0.2) is 0 Å². The molecular formula is C25H29F3N4O6S. The van der Waals surface area contributed by atoms with Crippen molar-refractivity contribution in [2.24, 2.45) is 0 Å². The Labute approximate surface area is 223 Å². The van der Waals surface area contributed by atoms with E-state index in [1.54, 1.807) is 44.3 Å². The number of carboxylic acid groups (broad SMARTS) is 2. The molecule has 0 saturated carbocycles. The first kappa shape index (κ1) is 31.1. The molecule has 0 aliphatic carbocycles. The van der Waals surface area contributed by atoms with Crippen LogP contribution >= 0.6 is 0 Å². The van der Waals surface area contributed by atoms with Crippen molar-refractivity contribution in [3.8, 4) is 0 Å². The van der Waals surface area contributed by atoms with Crippen LogP contribution in [-0.2, 0) is 27.9 Å². The molecule has 0 amide bonds. The van der Waals surface area contributed by atoms with Gasteiger partial charge in [0.1, 0.15) is 0 Å². The number of alkyl halides is 3. The Morgan fingerprint density at radius 2 is 1.72 bits per heavy atom. The lowest BCUT2D eigenvalue weighted by Gasteiger charge is -2.22. The number of carboxylic acids is 2. The quantitative estimate of drug-likeness (QED) is 0.337. The molecule has 0 aliphatic rings. The highest BCUT2D eigenvalue weighted by Gasteiger charge is 2.38. The van der Waals surface area contributed by atoms with Gasteiger partial charge in [0.05, 0.1) is 34.1 Å². The van der Waals surface area contributed by atoms with Crippen LogP contribution in [0, 0.1) is 13.8 Å². The van der Waals surface area contributed by atoms with Gasteiger partial charge in [-0.15, -0.1) is 0 Å². The zero-order valence-corrected chi connectivity index (χ0v) is 22.5. The number of hydrogen-bond donors (Lipinski definition) is 3. The third kappa shape index (κ3) is 8.74. The normalized spacial score (nSPS) is 11.4. The fraction of sp³-hybridized carbons (Fsp3) is 0.320. The van der Waals surface area contributed by atoms with E-state index in [0.29, 0.717) is 12.2 Å². The van der Waals surface area contributed by atoms with E-state index in [4.69, 9.17) is 9.90 Å². The van der Waals surface area contributed by atoms with Crippen LogP contribution in [0.1, 0.15) is 40.7 Å². The van der Waals surface area contributed by atoms with Crippen molar-refractivity contribution in [2.75, 3.05) is 16.7 Å². The molecule has 0 unspecified atom stereocenters. The number of sulfonamides is 1. The van der Waals surface area contributed by atoms with E-state index < -0.39 is 28.1 Å². The molecule has 1 heterocycles. The Morgan fingerprint density at radius 3 is 2.26 bits per heavy atom. The number of nitrogens with zero attached hydrogens (tertiary/aromatic N) is 3. The van der Waals surface area contributed by atoms with Crippen molar-refractivity contribution < 1.29 is 41.4 Å². The Morgan fingerprint density at radius 1 is 1.08 bits per heavy atom. The van der Waals surface area contributed by atoms with E-state index in [1.807, 2.05) is 22.6 Å². The predicted octanol–water partition coefficient (Wildman–Crippen LogP) is 4.68. The van der Waals surface area contributed by atoms with Gasteiger partial charge in [0.2, 0.25) is 0 Å². The molecule has 0 radical (unpaired) electrons. The number of hydrogen-bond acceptors (Lipinski definition) is 6. The molecule has 212 valence electrons. The second kappa shape index (κ2) is 12.7. The monoisotopic (exact) mass is 570 g/mol. The van der Waals surface area contributed by atoms with Crippen molar-refractivity contribution in [1.29, 1.82) is 0 Å². The van der Waals surface area contributed by atoms with Gasteiger partial charge in [-0.1, -0.05) is 19.1 Å². The summed E-state index contributed by atoms with van der Waals surface area (Å²) in [5, 5.41) is 21.4. The van der Waals surface area contributed by atoms with Crippen LogP contribution in [0.25, 0.3) is 0 Å². The molecule has 0 fully saturated rings. The van der Waals surface area contributed by atoms with Crippen LogP contribution in [-0.4, -0.2) is 53.6 Å². The first-order valence-corrected chi connectivity index (χ1v) is 13.0. The zero-order chi connectivity index (χ0) is 29.5. The number of aryl methyl sites for hydroxylation is 3. The number of benzene rings is 2. The molecule has 0 bridgehead atoms. The Balaban J connectivity index is 0.000000673. The van der Waals surface area contributed by atoms with E-state index in [2.05, 4.69) is 16.7 Å². The van der Waals surface area contributed by atoms with Crippen molar-refractivity contribution >= 4 is 33.3 Å². The average molecular weight is 571 g/mol. The van der Waals surface area contributed by atoms with Crippen molar-refractivity contribution in [2.45, 2.75) is 51.4 Å². The number of aromatic nitrogens is 2. The van der Waals surface area contributed by atoms with Gasteiger partial charge in [-0.3, -0.25) is 9.40 Å². The lowest BCUT2D eigenvalue weighted by atomic mass is 10.1. The van der Waals surface area contributed by atoms with Crippen LogP contribution in [0.5, 0.6) is 0 Å². The van der Waals surface area contributed by atoms with Crippen molar-refractivity contribution in [3.63, 3.8) is 0 Å². The second-order valence-corrected chi connectivity index (χ2v) is 10.3. The van der Waals surface area contributed by atoms with Crippen LogP contribution in [0.2, 0.25) is 0 Å². The molecule has 0 spiro atoms. The number of halogens is 3. The minimum atomic E-state index is -5.08. The summed E-state index contributed by atoms with van der Waals surface area (Å²) in [6.07, 6.45) is -4.14. The number of rotatable bonds is 9. The van der Waals surface area contributed by atoms with Gasteiger partial charge in [0.25, 0.3) is 10.0 Å². The zero-order valence-electron chi connectivity index (χ0n) is 21.7. The van der Waals surface area contributed by atoms with E-state index in [0.717, 1.165) is 29.9 Å². The minimum Gasteiger partial charge on any atom is -0.478 e. The maximum absolute atomic E-state index is 12.7. The first-order chi connectivity index (χ1) is 18.0. The number of carbonyl (C=O) groups is 2. The molecular weight excluding hydrogens is 541 g/mol. The standard InChI is InChI=1S/C23H28N4O4S.C2HF3O2/c1-5-11-27-19(13-17(3)24-27)15-26(4)22-10-9-18(14-21(22)23(28)29)25-32(30,31)20-8-6-7-16(2)12-20;3-2(4,5)1(6)7/h6-10,12-14,25H,5,11,15H2,1-4H3,(H,28,29);(H,6,7). The SMILES string of the molecule is CCCn1nc(C)cc1CN(C)c1ccc(NS(=O)(=O)c2cccc(C)c2)cc1C(=O)O.O=C(O)C(F)(F)F. The maximum atomic E-state index is 12.7. The lowest BCUT2D eigenvalue weighted by Crippen LogP contribution is -2.22. The van der Waals surface area contributed by atoms with Crippen LogP contribution in [0.3, 0.4) is 0 Å². The molecule has 3 N–H and O–H groups in total. The van der Waals surface area contributed by atoms with Crippen LogP contribution in [0.4, 0.5) is 24.5 Å². The van der Waals surface area contributed by atoms with Crippen molar-refractivity contribution in [3.05, 3.63) is 71.0 Å². The summed E-state index contributed by atoms with van der Waals surface area (Å²) in [7, 11) is -2.03. The van der Waals surface area contributed by atoms with Gasteiger partial charge in [-0.05, 0) is 62.2 Å². The summed E-state index contributed by atoms with van der Waals surface area (Å²) < 4.78 is 61.6. The largest absolute Gasteiger partial charge is 0.490 e. The Kier molecular flexibility index (Phi) is 10.1. The number of aliphatic carboxylic acids is 1. The third-order valence-electron chi connectivity index (χ3n) is 5.25. The van der Waals surface area contributed by atoms with Crippen LogP contribution in [0.15, 0.2) is 53.4 Å². The Bertz CT molecular complexity index is 1440. The van der Waals surface area contributed by atoms with E-state index in [9.17, 15) is 31.5 Å². The summed E-state index contributed by atoms with van der Waals surface area (Å²) in [6, 6.07) is 13.0. The molecule has 10 nitrogen and oxygen atoms in total. The first-order valence-electron chi connectivity index (χ1n) is 11.6. The molecule has 39 heavy (non-hydrogen) atoms. The topological polar surface area (TPSA) is 142 Å². The maximum Gasteiger partial charge on any atom is 0.490 e. The number of anilines is 2. The average Bonchev–Trinajstić information content (AvgIpc) is 3.17. The van der Waals surface area contributed by atoms with Gasteiger partial charge in [-0.2, -0.15) is 18.3 Å². The highest BCUT2D eigenvalue weighted by Crippen LogP contribution is 2.27. The summed E-state index contributed by atoms with van der Waals surface area (Å²) in [6.45, 7) is 7.05. The summed E-state index contributed by atoms with van der Waals surface area (Å²) in [5.41, 5.74) is 3.38. The summed E-state index contributed by atoms with van der Waals surface area (Å²) in [4.78, 5) is 22.8. The van der Waals surface area contributed by atoms with E-state index in [1.165, 1.54) is 12.1 Å². The Hall–Kier alpha value is -4.07. The van der Waals surface area contributed by atoms with Crippen LogP contribution < -0.4 is 9.62 Å². The number of aromatic carboxylic acids is 1. The van der Waals surface area contributed by atoms with Crippen molar-refractivity contribution in [1.82, 2.24) is 9.78 Å². The third-order valence-corrected chi connectivity index (χ3v) is 6.63. The molecule has 14 heteroatoms. The van der Waals surface area contributed by atoms with E-state index >= 15 is 0 Å².